The molecule has 2 unspecified atom stereocenters. The van der Waals surface area contributed by atoms with Crippen LogP contribution in [-0.2, 0) is 4.79 Å². The molecule has 112 valence electrons. The Bertz CT molecular complexity index is 270. The molecule has 0 aliphatic carbocycles. The van der Waals surface area contributed by atoms with Crippen LogP contribution in [0.2, 0.25) is 0 Å². The Morgan fingerprint density at radius 1 is 1.53 bits per heavy atom. The summed E-state index contributed by atoms with van der Waals surface area (Å²) in [6.07, 6.45) is 5.55. The minimum atomic E-state index is 0.268. The zero-order valence-electron chi connectivity index (χ0n) is 12.9. The molecule has 19 heavy (non-hydrogen) atoms. The zero-order chi connectivity index (χ0) is 14.3. The third-order valence-corrected chi connectivity index (χ3v) is 4.14. The number of hydrogen-bond donors (Lipinski definition) is 1. The van der Waals surface area contributed by atoms with Crippen LogP contribution >= 0.6 is 0 Å². The van der Waals surface area contributed by atoms with Gasteiger partial charge in [-0.05, 0) is 57.7 Å². The van der Waals surface area contributed by atoms with Gasteiger partial charge in [-0.1, -0.05) is 6.92 Å². The predicted molar refractivity (Wildman–Crippen MR) is 79.9 cm³/mol. The van der Waals surface area contributed by atoms with E-state index in [1.165, 1.54) is 32.4 Å². The molecule has 2 N–H and O–H groups in total. The first-order valence-electron chi connectivity index (χ1n) is 7.65. The second-order valence-electron chi connectivity index (χ2n) is 6.28. The summed E-state index contributed by atoms with van der Waals surface area (Å²) in [5, 5.41) is 0. The standard InChI is InChI=1S/C15H31N3O/c1-13(10-16)11-18(3)15(19)8-4-6-14-7-5-9-17(2)12-14/h13-14H,4-12,16H2,1-3H3. The number of rotatable bonds is 7. The van der Waals surface area contributed by atoms with Crippen molar-refractivity contribution >= 4 is 5.91 Å². The molecule has 0 aromatic heterocycles. The van der Waals surface area contributed by atoms with Crippen LogP contribution in [0.4, 0.5) is 0 Å². The lowest BCUT2D eigenvalue weighted by atomic mass is 9.93. The molecule has 4 heteroatoms. The van der Waals surface area contributed by atoms with Gasteiger partial charge in [0.1, 0.15) is 0 Å². The van der Waals surface area contributed by atoms with E-state index >= 15 is 0 Å². The van der Waals surface area contributed by atoms with E-state index in [2.05, 4.69) is 18.9 Å². The maximum atomic E-state index is 12.0. The fourth-order valence-electron chi connectivity index (χ4n) is 2.89. The smallest absolute Gasteiger partial charge is 0.222 e. The highest BCUT2D eigenvalue weighted by atomic mass is 16.2. The molecule has 0 aromatic rings. The summed E-state index contributed by atoms with van der Waals surface area (Å²) in [4.78, 5) is 16.2. The Kier molecular flexibility index (Phi) is 7.39. The Morgan fingerprint density at radius 2 is 2.26 bits per heavy atom. The molecule has 1 amide bonds. The van der Waals surface area contributed by atoms with Gasteiger partial charge in [-0.3, -0.25) is 4.79 Å². The third kappa shape index (κ3) is 6.39. The monoisotopic (exact) mass is 269 g/mol. The maximum absolute atomic E-state index is 12.0. The van der Waals surface area contributed by atoms with Gasteiger partial charge in [0.25, 0.3) is 0 Å². The molecule has 1 rings (SSSR count). The summed E-state index contributed by atoms with van der Waals surface area (Å²) in [6, 6.07) is 0. The van der Waals surface area contributed by atoms with Gasteiger partial charge < -0.3 is 15.5 Å². The van der Waals surface area contributed by atoms with Crippen LogP contribution in [0.25, 0.3) is 0 Å². The van der Waals surface area contributed by atoms with E-state index in [0.717, 1.165) is 18.9 Å². The first kappa shape index (κ1) is 16.4. The van der Waals surface area contributed by atoms with Crippen molar-refractivity contribution in [2.45, 2.75) is 39.0 Å². The van der Waals surface area contributed by atoms with Crippen LogP contribution in [0.3, 0.4) is 0 Å². The van der Waals surface area contributed by atoms with E-state index in [1.807, 2.05) is 11.9 Å². The number of amides is 1. The summed E-state index contributed by atoms with van der Waals surface area (Å²) in [5.74, 6) is 1.45. The lowest BCUT2D eigenvalue weighted by Crippen LogP contribution is -2.34. The Balaban J connectivity index is 2.15. The lowest BCUT2D eigenvalue weighted by Gasteiger charge is -2.29. The van der Waals surface area contributed by atoms with Crippen LogP contribution in [-0.4, -0.2) is 56.0 Å². The van der Waals surface area contributed by atoms with Crippen molar-refractivity contribution in [2.24, 2.45) is 17.6 Å². The molecule has 1 aliphatic rings. The quantitative estimate of drug-likeness (QED) is 0.763. The minimum absolute atomic E-state index is 0.268. The van der Waals surface area contributed by atoms with E-state index in [9.17, 15) is 4.79 Å². The van der Waals surface area contributed by atoms with Crippen LogP contribution in [0.1, 0.15) is 39.0 Å². The molecule has 4 nitrogen and oxygen atoms in total. The molecule has 1 heterocycles. The highest BCUT2D eigenvalue weighted by molar-refractivity contribution is 5.75. The number of piperidine rings is 1. The average molecular weight is 269 g/mol. The fourth-order valence-corrected chi connectivity index (χ4v) is 2.89. The van der Waals surface area contributed by atoms with Crippen LogP contribution in [0.15, 0.2) is 0 Å². The molecule has 0 spiro atoms. The van der Waals surface area contributed by atoms with E-state index in [0.29, 0.717) is 18.9 Å². The number of carbonyl (C=O) groups excluding carboxylic acids is 1. The number of nitrogens with two attached hydrogens (primary N) is 1. The van der Waals surface area contributed by atoms with E-state index in [1.54, 1.807) is 0 Å². The molecule has 0 saturated carbocycles. The summed E-state index contributed by atoms with van der Waals surface area (Å²) in [7, 11) is 4.09. The Hall–Kier alpha value is -0.610. The van der Waals surface area contributed by atoms with E-state index in [-0.39, 0.29) is 5.91 Å². The second kappa shape index (κ2) is 8.54. The van der Waals surface area contributed by atoms with Crippen molar-refractivity contribution in [3.63, 3.8) is 0 Å². The molecule has 0 bridgehead atoms. The molecule has 2 atom stereocenters. The van der Waals surface area contributed by atoms with Crippen LogP contribution < -0.4 is 5.73 Å². The van der Waals surface area contributed by atoms with Crippen molar-refractivity contribution in [3.8, 4) is 0 Å². The predicted octanol–water partition coefficient (Wildman–Crippen LogP) is 1.55. The topological polar surface area (TPSA) is 49.6 Å². The summed E-state index contributed by atoms with van der Waals surface area (Å²) in [6.45, 7) is 5.94. The molecule has 1 fully saturated rings. The van der Waals surface area contributed by atoms with Crippen molar-refractivity contribution in [1.82, 2.24) is 9.80 Å². The molecule has 0 aromatic carbocycles. The summed E-state index contributed by atoms with van der Waals surface area (Å²) >= 11 is 0. The van der Waals surface area contributed by atoms with Gasteiger partial charge in [-0.15, -0.1) is 0 Å². The first-order valence-corrected chi connectivity index (χ1v) is 7.65. The Morgan fingerprint density at radius 3 is 2.89 bits per heavy atom. The molecular weight excluding hydrogens is 238 g/mol. The number of carbonyl (C=O) groups is 1. The number of nitrogens with zero attached hydrogens (tertiary/aromatic N) is 2. The molecule has 1 saturated heterocycles. The van der Waals surface area contributed by atoms with E-state index < -0.39 is 0 Å². The van der Waals surface area contributed by atoms with Crippen molar-refractivity contribution in [3.05, 3.63) is 0 Å². The van der Waals surface area contributed by atoms with Gasteiger partial charge in [0.2, 0.25) is 5.91 Å². The minimum Gasteiger partial charge on any atom is -0.345 e. The number of likely N-dealkylation sites (tertiary alicyclic amines) is 1. The second-order valence-corrected chi connectivity index (χ2v) is 6.28. The highest BCUT2D eigenvalue weighted by Crippen LogP contribution is 2.20. The van der Waals surface area contributed by atoms with Crippen molar-refractivity contribution in [2.75, 3.05) is 40.3 Å². The summed E-state index contributed by atoms with van der Waals surface area (Å²) < 4.78 is 0. The molecule has 0 radical (unpaired) electrons. The zero-order valence-corrected chi connectivity index (χ0v) is 12.9. The summed E-state index contributed by atoms with van der Waals surface area (Å²) in [5.41, 5.74) is 5.59. The van der Waals surface area contributed by atoms with E-state index in [4.69, 9.17) is 5.73 Å². The van der Waals surface area contributed by atoms with Gasteiger partial charge in [-0.2, -0.15) is 0 Å². The van der Waals surface area contributed by atoms with Gasteiger partial charge in [-0.25, -0.2) is 0 Å². The highest BCUT2D eigenvalue weighted by Gasteiger charge is 2.18. The van der Waals surface area contributed by atoms with Gasteiger partial charge in [0, 0.05) is 26.6 Å². The van der Waals surface area contributed by atoms with Crippen LogP contribution in [0.5, 0.6) is 0 Å². The largest absolute Gasteiger partial charge is 0.345 e. The third-order valence-electron chi connectivity index (χ3n) is 4.14. The number of hydrogen-bond acceptors (Lipinski definition) is 3. The first-order chi connectivity index (χ1) is 9.02. The molecular formula is C15H31N3O. The SMILES string of the molecule is CC(CN)CN(C)C(=O)CCCC1CCCN(C)C1. The maximum Gasteiger partial charge on any atom is 0.222 e. The van der Waals surface area contributed by atoms with Gasteiger partial charge in [0.15, 0.2) is 0 Å². The van der Waals surface area contributed by atoms with Crippen LogP contribution in [0, 0.1) is 11.8 Å². The lowest BCUT2D eigenvalue weighted by molar-refractivity contribution is -0.130. The van der Waals surface area contributed by atoms with Crippen molar-refractivity contribution < 1.29 is 4.79 Å². The average Bonchev–Trinajstić information content (AvgIpc) is 2.38. The van der Waals surface area contributed by atoms with Crippen molar-refractivity contribution in [1.29, 1.82) is 0 Å². The molecule has 1 aliphatic heterocycles. The van der Waals surface area contributed by atoms with Gasteiger partial charge in [0.05, 0.1) is 0 Å². The normalized spacial score (nSPS) is 22.2. The Labute approximate surface area is 118 Å². The fraction of sp³-hybridized carbons (Fsp3) is 0.933. The van der Waals surface area contributed by atoms with Gasteiger partial charge >= 0.3 is 0 Å².